The second kappa shape index (κ2) is 5.03. The Kier molecular flexibility index (Phi) is 3.21. The zero-order chi connectivity index (χ0) is 14.0. The minimum absolute atomic E-state index is 0.146. The molecule has 1 fully saturated rings. The number of carbonyl (C=O) groups is 1. The normalized spacial score (nSPS) is 17.4. The lowest BCUT2D eigenvalue weighted by Crippen LogP contribution is -2.23. The molecule has 8 heteroatoms. The summed E-state index contributed by atoms with van der Waals surface area (Å²) < 4.78 is 5.22. The summed E-state index contributed by atoms with van der Waals surface area (Å²) in [7, 11) is 0. The molecular weight excluding hydrogens is 262 g/mol. The highest BCUT2D eigenvalue weighted by Crippen LogP contribution is 2.43. The van der Waals surface area contributed by atoms with Crippen molar-refractivity contribution in [1.29, 1.82) is 0 Å². The number of aromatic amines is 1. The van der Waals surface area contributed by atoms with E-state index in [1.54, 1.807) is 0 Å². The van der Waals surface area contributed by atoms with Crippen molar-refractivity contribution >= 4 is 5.97 Å². The average molecular weight is 277 g/mol. The molecule has 2 heterocycles. The molecule has 0 saturated heterocycles. The highest BCUT2D eigenvalue weighted by atomic mass is 16.5. The van der Waals surface area contributed by atoms with Gasteiger partial charge in [0.2, 0.25) is 11.7 Å². The number of aliphatic carboxylic acids is 1. The predicted molar refractivity (Wildman–Crippen MR) is 66.5 cm³/mol. The summed E-state index contributed by atoms with van der Waals surface area (Å²) in [4.78, 5) is 19.3. The van der Waals surface area contributed by atoms with E-state index in [0.29, 0.717) is 24.0 Å². The Balaban J connectivity index is 1.77. The van der Waals surface area contributed by atoms with Gasteiger partial charge in [-0.15, -0.1) is 0 Å². The van der Waals surface area contributed by atoms with Crippen LogP contribution < -0.4 is 0 Å². The Morgan fingerprint density at radius 1 is 1.45 bits per heavy atom. The number of rotatable bonds is 5. The molecule has 0 aromatic carbocycles. The second-order valence-corrected chi connectivity index (χ2v) is 5.30. The Labute approximate surface area is 114 Å². The molecule has 0 bridgehead atoms. The molecule has 3 rings (SSSR count). The largest absolute Gasteiger partial charge is 0.481 e. The van der Waals surface area contributed by atoms with Gasteiger partial charge in [0, 0.05) is 6.42 Å². The van der Waals surface area contributed by atoms with E-state index in [4.69, 9.17) is 9.63 Å². The van der Waals surface area contributed by atoms with Crippen molar-refractivity contribution in [3.63, 3.8) is 0 Å². The van der Waals surface area contributed by atoms with Gasteiger partial charge in [-0.25, -0.2) is 4.98 Å². The van der Waals surface area contributed by atoms with Gasteiger partial charge in [-0.1, -0.05) is 18.0 Å². The van der Waals surface area contributed by atoms with Crippen LogP contribution in [-0.4, -0.2) is 36.4 Å². The molecule has 0 amide bonds. The molecule has 2 aromatic heterocycles. The van der Waals surface area contributed by atoms with Crippen molar-refractivity contribution < 1.29 is 14.4 Å². The number of aromatic nitrogens is 5. The lowest BCUT2D eigenvalue weighted by molar-refractivity contribution is -0.139. The van der Waals surface area contributed by atoms with Crippen LogP contribution in [0.25, 0.3) is 11.6 Å². The average Bonchev–Trinajstić information content (AvgIpc) is 3.08. The molecule has 1 saturated carbocycles. The maximum atomic E-state index is 11.1. The first-order chi connectivity index (χ1) is 9.67. The van der Waals surface area contributed by atoms with Crippen LogP contribution in [0.1, 0.15) is 38.0 Å². The summed E-state index contributed by atoms with van der Waals surface area (Å²) in [6.07, 6.45) is 5.90. The Hall–Kier alpha value is -2.25. The van der Waals surface area contributed by atoms with Crippen molar-refractivity contribution in [2.75, 3.05) is 0 Å². The zero-order valence-corrected chi connectivity index (χ0v) is 10.9. The van der Waals surface area contributed by atoms with Crippen molar-refractivity contribution in [3.8, 4) is 11.6 Å². The monoisotopic (exact) mass is 277 g/mol. The van der Waals surface area contributed by atoms with Gasteiger partial charge in [0.05, 0.1) is 6.42 Å². The molecule has 20 heavy (non-hydrogen) atoms. The molecule has 0 spiro atoms. The number of carboxylic acids is 1. The molecule has 106 valence electrons. The van der Waals surface area contributed by atoms with Crippen LogP contribution in [0.5, 0.6) is 0 Å². The Morgan fingerprint density at radius 3 is 2.90 bits per heavy atom. The van der Waals surface area contributed by atoms with Crippen molar-refractivity contribution in [3.05, 3.63) is 12.2 Å². The number of H-pyrrole nitrogens is 1. The van der Waals surface area contributed by atoms with Crippen LogP contribution in [0.15, 0.2) is 10.9 Å². The van der Waals surface area contributed by atoms with Gasteiger partial charge in [-0.2, -0.15) is 10.1 Å². The summed E-state index contributed by atoms with van der Waals surface area (Å²) in [5, 5.41) is 19.3. The first-order valence-corrected chi connectivity index (χ1v) is 6.57. The van der Waals surface area contributed by atoms with Gasteiger partial charge < -0.3 is 9.63 Å². The van der Waals surface area contributed by atoms with Crippen LogP contribution in [-0.2, 0) is 11.2 Å². The molecule has 1 aliphatic carbocycles. The summed E-state index contributed by atoms with van der Waals surface area (Å²) in [5.74, 6) is 0.473. The maximum absolute atomic E-state index is 11.1. The predicted octanol–water partition coefficient (Wildman–Crippen LogP) is 1.43. The minimum Gasteiger partial charge on any atom is -0.481 e. The molecule has 0 aliphatic heterocycles. The first kappa shape index (κ1) is 12.8. The first-order valence-electron chi connectivity index (χ1n) is 6.57. The quantitative estimate of drug-likeness (QED) is 0.848. The number of hydrogen-bond acceptors (Lipinski definition) is 6. The lowest BCUT2D eigenvalue weighted by atomic mass is 9.79. The van der Waals surface area contributed by atoms with Crippen LogP contribution in [0.3, 0.4) is 0 Å². The van der Waals surface area contributed by atoms with E-state index < -0.39 is 5.97 Å². The fourth-order valence-corrected chi connectivity index (χ4v) is 2.92. The fourth-order valence-electron chi connectivity index (χ4n) is 2.92. The topological polar surface area (TPSA) is 118 Å². The SMILES string of the molecule is O=C(O)CC1(Cc2nc(-c3ncn[nH]3)no2)CCCC1. The van der Waals surface area contributed by atoms with Crippen LogP contribution in [0, 0.1) is 5.41 Å². The van der Waals surface area contributed by atoms with E-state index in [0.717, 1.165) is 25.7 Å². The van der Waals surface area contributed by atoms with E-state index in [-0.39, 0.29) is 11.8 Å². The van der Waals surface area contributed by atoms with Gasteiger partial charge in [0.25, 0.3) is 0 Å². The van der Waals surface area contributed by atoms with E-state index in [2.05, 4.69) is 25.3 Å². The third-order valence-electron chi connectivity index (χ3n) is 3.81. The van der Waals surface area contributed by atoms with Crippen LogP contribution in [0.4, 0.5) is 0 Å². The van der Waals surface area contributed by atoms with Gasteiger partial charge >= 0.3 is 5.97 Å². The maximum Gasteiger partial charge on any atom is 0.303 e. The lowest BCUT2D eigenvalue weighted by Gasteiger charge is -2.24. The zero-order valence-electron chi connectivity index (χ0n) is 10.9. The summed E-state index contributed by atoms with van der Waals surface area (Å²) in [6, 6.07) is 0. The summed E-state index contributed by atoms with van der Waals surface area (Å²) >= 11 is 0. The third-order valence-corrected chi connectivity index (χ3v) is 3.81. The smallest absolute Gasteiger partial charge is 0.303 e. The van der Waals surface area contributed by atoms with E-state index in [1.165, 1.54) is 6.33 Å². The molecule has 0 unspecified atom stereocenters. The number of nitrogens with zero attached hydrogens (tertiary/aromatic N) is 4. The van der Waals surface area contributed by atoms with E-state index in [9.17, 15) is 4.79 Å². The minimum atomic E-state index is -0.776. The van der Waals surface area contributed by atoms with Crippen LogP contribution in [0.2, 0.25) is 0 Å². The third kappa shape index (κ3) is 2.54. The second-order valence-electron chi connectivity index (χ2n) is 5.30. The molecule has 2 aromatic rings. The molecule has 2 N–H and O–H groups in total. The Bertz CT molecular complexity index is 586. The van der Waals surface area contributed by atoms with Gasteiger partial charge in [0.1, 0.15) is 6.33 Å². The number of carboxylic acid groups (broad SMARTS) is 1. The molecule has 0 radical (unpaired) electrons. The van der Waals surface area contributed by atoms with E-state index >= 15 is 0 Å². The van der Waals surface area contributed by atoms with Gasteiger partial charge in [-0.05, 0) is 18.3 Å². The molecule has 0 atom stereocenters. The number of nitrogens with one attached hydrogen (secondary N) is 1. The summed E-state index contributed by atoms with van der Waals surface area (Å²) in [5.41, 5.74) is -0.253. The highest BCUT2D eigenvalue weighted by Gasteiger charge is 2.38. The molecular formula is C12H15N5O3. The van der Waals surface area contributed by atoms with Gasteiger partial charge in [-0.3, -0.25) is 9.89 Å². The van der Waals surface area contributed by atoms with Gasteiger partial charge in [0.15, 0.2) is 5.82 Å². The molecule has 8 nitrogen and oxygen atoms in total. The van der Waals surface area contributed by atoms with E-state index in [1.807, 2.05) is 0 Å². The van der Waals surface area contributed by atoms with Crippen LogP contribution >= 0.6 is 0 Å². The number of hydrogen-bond donors (Lipinski definition) is 2. The van der Waals surface area contributed by atoms with Crippen molar-refractivity contribution in [1.82, 2.24) is 25.3 Å². The fraction of sp³-hybridized carbons (Fsp3) is 0.583. The highest BCUT2D eigenvalue weighted by molar-refractivity contribution is 5.67. The summed E-state index contributed by atoms with van der Waals surface area (Å²) in [6.45, 7) is 0. The van der Waals surface area contributed by atoms with Crippen molar-refractivity contribution in [2.24, 2.45) is 5.41 Å². The standard InChI is InChI=1S/C12H15N5O3/c18-9(19)6-12(3-1-2-4-12)5-8-15-11(17-20-8)10-13-7-14-16-10/h7H,1-6H2,(H,18,19)(H,13,14,16). The van der Waals surface area contributed by atoms with Crippen molar-refractivity contribution in [2.45, 2.75) is 38.5 Å². The Morgan fingerprint density at radius 2 is 2.25 bits per heavy atom. The molecule has 1 aliphatic rings.